The summed E-state index contributed by atoms with van der Waals surface area (Å²) in [5, 5.41) is 5.82. The summed E-state index contributed by atoms with van der Waals surface area (Å²) in [5.74, 6) is 0.0398. The SMILES string of the molecule is CCOc1cc(OCC)cc(C(=O)NC(=S)Nc2cc(C(=O)OC)ccc2N2CCN(C(=O)c3ccccc3)CC2)c1. The zero-order chi connectivity index (χ0) is 30.1. The number of esters is 1. The highest BCUT2D eigenvalue weighted by Crippen LogP contribution is 2.29. The number of benzene rings is 3. The molecule has 0 saturated carbocycles. The summed E-state index contributed by atoms with van der Waals surface area (Å²) in [6.07, 6.45) is 0. The molecule has 0 aromatic heterocycles. The second-order valence-electron chi connectivity index (χ2n) is 9.34. The largest absolute Gasteiger partial charge is 0.494 e. The molecule has 1 aliphatic heterocycles. The van der Waals surface area contributed by atoms with Crippen LogP contribution in [0.15, 0.2) is 66.7 Å². The summed E-state index contributed by atoms with van der Waals surface area (Å²) < 4.78 is 16.1. The van der Waals surface area contributed by atoms with Crippen molar-refractivity contribution in [1.29, 1.82) is 0 Å². The summed E-state index contributed by atoms with van der Waals surface area (Å²) >= 11 is 5.49. The van der Waals surface area contributed by atoms with Crippen LogP contribution in [0.1, 0.15) is 44.9 Å². The molecule has 1 aliphatic rings. The number of thiocarbonyl (C=S) groups is 1. The number of ether oxygens (including phenoxy) is 3. The number of piperazine rings is 1. The van der Waals surface area contributed by atoms with Crippen LogP contribution in [0.25, 0.3) is 0 Å². The molecule has 0 radical (unpaired) electrons. The van der Waals surface area contributed by atoms with Gasteiger partial charge in [0.15, 0.2) is 5.11 Å². The number of hydrogen-bond acceptors (Lipinski definition) is 8. The molecule has 4 rings (SSSR count). The number of carbonyl (C=O) groups excluding carboxylic acids is 3. The quantitative estimate of drug-likeness (QED) is 0.278. The lowest BCUT2D eigenvalue weighted by Gasteiger charge is -2.37. The molecule has 3 aromatic carbocycles. The Morgan fingerprint density at radius 1 is 0.810 bits per heavy atom. The normalized spacial score (nSPS) is 12.7. The van der Waals surface area contributed by atoms with Crippen LogP contribution in [-0.4, -0.2) is 74.3 Å². The van der Waals surface area contributed by atoms with Crippen molar-refractivity contribution in [2.24, 2.45) is 0 Å². The zero-order valence-corrected chi connectivity index (χ0v) is 24.7. The van der Waals surface area contributed by atoms with Gasteiger partial charge in [-0.05, 0) is 68.5 Å². The average molecular weight is 591 g/mol. The van der Waals surface area contributed by atoms with E-state index in [1.165, 1.54) is 7.11 Å². The van der Waals surface area contributed by atoms with Crippen LogP contribution >= 0.6 is 12.2 Å². The van der Waals surface area contributed by atoms with Gasteiger partial charge in [-0.3, -0.25) is 14.9 Å². The van der Waals surface area contributed by atoms with Crippen molar-refractivity contribution in [2.45, 2.75) is 13.8 Å². The summed E-state index contributed by atoms with van der Waals surface area (Å²) in [7, 11) is 1.31. The second kappa shape index (κ2) is 14.3. The van der Waals surface area contributed by atoms with Crippen molar-refractivity contribution in [3.05, 3.63) is 83.4 Å². The minimum Gasteiger partial charge on any atom is -0.494 e. The lowest BCUT2D eigenvalue weighted by atomic mass is 10.1. The van der Waals surface area contributed by atoms with Gasteiger partial charge in [0.1, 0.15) is 11.5 Å². The molecule has 10 nitrogen and oxygen atoms in total. The average Bonchev–Trinajstić information content (AvgIpc) is 3.01. The van der Waals surface area contributed by atoms with Gasteiger partial charge in [0.25, 0.3) is 11.8 Å². The second-order valence-corrected chi connectivity index (χ2v) is 9.74. The van der Waals surface area contributed by atoms with Gasteiger partial charge in [-0.2, -0.15) is 0 Å². The molecule has 42 heavy (non-hydrogen) atoms. The first-order valence-corrected chi connectivity index (χ1v) is 14.1. The van der Waals surface area contributed by atoms with E-state index in [1.54, 1.807) is 36.4 Å². The number of nitrogens with one attached hydrogen (secondary N) is 2. The molecule has 1 saturated heterocycles. The van der Waals surface area contributed by atoms with Crippen molar-refractivity contribution >= 4 is 46.5 Å². The fraction of sp³-hybridized carbons (Fsp3) is 0.290. The Balaban J connectivity index is 1.50. The van der Waals surface area contributed by atoms with Gasteiger partial charge in [0.2, 0.25) is 0 Å². The summed E-state index contributed by atoms with van der Waals surface area (Å²) in [6.45, 7) is 6.75. The van der Waals surface area contributed by atoms with E-state index >= 15 is 0 Å². The molecule has 0 atom stereocenters. The zero-order valence-electron chi connectivity index (χ0n) is 23.8. The molecule has 3 aromatic rings. The predicted molar refractivity (Wildman–Crippen MR) is 165 cm³/mol. The van der Waals surface area contributed by atoms with Crippen LogP contribution < -0.4 is 25.0 Å². The van der Waals surface area contributed by atoms with Crippen LogP contribution in [0.4, 0.5) is 11.4 Å². The summed E-state index contributed by atoms with van der Waals surface area (Å²) in [5.41, 5.74) is 2.57. The molecule has 0 bridgehead atoms. The maximum absolute atomic E-state index is 13.1. The van der Waals surface area contributed by atoms with Gasteiger partial charge >= 0.3 is 5.97 Å². The maximum Gasteiger partial charge on any atom is 0.337 e. The molecule has 1 heterocycles. The van der Waals surface area contributed by atoms with Crippen LogP contribution in [0.5, 0.6) is 11.5 Å². The Bertz CT molecular complexity index is 1420. The van der Waals surface area contributed by atoms with Gasteiger partial charge < -0.3 is 29.3 Å². The van der Waals surface area contributed by atoms with Crippen LogP contribution in [0.3, 0.4) is 0 Å². The molecular formula is C31H34N4O6S. The molecule has 1 fully saturated rings. The van der Waals surface area contributed by atoms with Crippen molar-refractivity contribution in [3.8, 4) is 11.5 Å². The summed E-state index contributed by atoms with van der Waals surface area (Å²) in [6, 6.07) is 19.2. The first kappa shape index (κ1) is 30.3. The fourth-order valence-corrected chi connectivity index (χ4v) is 4.80. The van der Waals surface area contributed by atoms with E-state index in [-0.39, 0.29) is 11.0 Å². The van der Waals surface area contributed by atoms with E-state index in [0.29, 0.717) is 73.3 Å². The van der Waals surface area contributed by atoms with E-state index in [2.05, 4.69) is 15.5 Å². The molecule has 0 spiro atoms. The highest BCUT2D eigenvalue weighted by atomic mass is 32.1. The standard InChI is InChI=1S/C31H34N4O6S/c1-4-40-24-17-23(18-25(20-24)41-5-2)28(36)33-31(42)32-26-19-22(30(38)39-3)11-12-27(26)34-13-15-35(16-14-34)29(37)21-9-7-6-8-10-21/h6-12,17-20H,4-5,13-16H2,1-3H3,(H2,32,33,36,42). The van der Waals surface area contributed by atoms with E-state index in [4.69, 9.17) is 26.4 Å². The minimum atomic E-state index is -0.506. The van der Waals surface area contributed by atoms with Gasteiger partial charge in [-0.15, -0.1) is 0 Å². The number of methoxy groups -OCH3 is 1. The summed E-state index contributed by atoms with van der Waals surface area (Å²) in [4.78, 5) is 42.2. The lowest BCUT2D eigenvalue weighted by Crippen LogP contribution is -2.49. The van der Waals surface area contributed by atoms with E-state index < -0.39 is 11.9 Å². The number of nitrogens with zero attached hydrogens (tertiary/aromatic N) is 2. The van der Waals surface area contributed by atoms with Gasteiger partial charge in [0.05, 0.1) is 37.3 Å². The monoisotopic (exact) mass is 590 g/mol. The van der Waals surface area contributed by atoms with Crippen molar-refractivity contribution in [2.75, 3.05) is 56.7 Å². The number of rotatable bonds is 9. The topological polar surface area (TPSA) is 109 Å². The number of amides is 2. The lowest BCUT2D eigenvalue weighted by molar-refractivity contribution is 0.0600. The van der Waals surface area contributed by atoms with Crippen LogP contribution in [-0.2, 0) is 4.74 Å². The highest BCUT2D eigenvalue weighted by molar-refractivity contribution is 7.80. The molecule has 2 N–H and O–H groups in total. The van der Waals surface area contributed by atoms with Gasteiger partial charge in [-0.1, -0.05) is 18.2 Å². The van der Waals surface area contributed by atoms with Gasteiger partial charge in [-0.25, -0.2) is 4.79 Å². The third-order valence-corrected chi connectivity index (χ3v) is 6.79. The Kier molecular flexibility index (Phi) is 10.3. The van der Waals surface area contributed by atoms with E-state index in [9.17, 15) is 14.4 Å². The first-order chi connectivity index (χ1) is 20.3. The Morgan fingerprint density at radius 3 is 2.05 bits per heavy atom. The first-order valence-electron chi connectivity index (χ1n) is 13.7. The number of carbonyl (C=O) groups is 3. The maximum atomic E-state index is 13.1. The Morgan fingerprint density at radius 2 is 1.45 bits per heavy atom. The van der Waals surface area contributed by atoms with Crippen LogP contribution in [0, 0.1) is 0 Å². The highest BCUT2D eigenvalue weighted by Gasteiger charge is 2.24. The number of anilines is 2. The molecular weight excluding hydrogens is 556 g/mol. The Labute approximate surface area is 250 Å². The van der Waals surface area contributed by atoms with Crippen LogP contribution in [0.2, 0.25) is 0 Å². The molecule has 0 aliphatic carbocycles. The predicted octanol–water partition coefficient (Wildman–Crippen LogP) is 4.36. The number of hydrogen-bond donors (Lipinski definition) is 2. The molecule has 220 valence electrons. The minimum absolute atomic E-state index is 0.0144. The van der Waals surface area contributed by atoms with Crippen molar-refractivity contribution in [3.63, 3.8) is 0 Å². The van der Waals surface area contributed by atoms with Crippen molar-refractivity contribution in [1.82, 2.24) is 10.2 Å². The van der Waals surface area contributed by atoms with E-state index in [0.717, 1.165) is 5.69 Å². The third kappa shape index (κ3) is 7.55. The van der Waals surface area contributed by atoms with Crippen molar-refractivity contribution < 1.29 is 28.6 Å². The molecule has 2 amide bonds. The third-order valence-electron chi connectivity index (χ3n) is 6.59. The smallest absolute Gasteiger partial charge is 0.337 e. The van der Waals surface area contributed by atoms with E-state index in [1.807, 2.05) is 49.1 Å². The molecule has 0 unspecified atom stereocenters. The Hall–Kier alpha value is -4.64. The fourth-order valence-electron chi connectivity index (χ4n) is 4.60. The molecule has 11 heteroatoms. The van der Waals surface area contributed by atoms with Gasteiger partial charge in [0, 0.05) is 43.4 Å².